The van der Waals surface area contributed by atoms with E-state index in [1.165, 1.54) is 11.8 Å². The minimum absolute atomic E-state index is 0.0595. The first-order valence-corrected chi connectivity index (χ1v) is 9.33. The van der Waals surface area contributed by atoms with Crippen LogP contribution < -0.4 is 5.32 Å². The van der Waals surface area contributed by atoms with E-state index < -0.39 is 30.8 Å². The molecule has 26 heavy (non-hydrogen) atoms. The molecule has 0 radical (unpaired) electrons. The highest BCUT2D eigenvalue weighted by Gasteiger charge is 2.47. The molecule has 2 aliphatic heterocycles. The number of hydrogen-bond acceptors (Lipinski definition) is 5. The summed E-state index contributed by atoms with van der Waals surface area (Å²) in [4.78, 5) is 15.2. The zero-order chi connectivity index (χ0) is 18.7. The van der Waals surface area contributed by atoms with Crippen LogP contribution in [-0.4, -0.2) is 46.3 Å². The van der Waals surface area contributed by atoms with Crippen molar-refractivity contribution in [1.29, 1.82) is 5.26 Å². The van der Waals surface area contributed by atoms with E-state index in [1.54, 1.807) is 29.3 Å². The zero-order valence-corrected chi connectivity index (χ0v) is 15.3. The smallest absolute Gasteiger partial charge is 0.268 e. The van der Waals surface area contributed by atoms with Crippen LogP contribution in [0.2, 0.25) is 5.02 Å². The van der Waals surface area contributed by atoms with Crippen LogP contribution in [0.3, 0.4) is 0 Å². The molecule has 0 spiro atoms. The predicted molar refractivity (Wildman–Crippen MR) is 96.2 cm³/mol. The van der Waals surface area contributed by atoms with Gasteiger partial charge in [0.25, 0.3) is 5.92 Å². The molecular formula is C17H17ClF2N4OS. The summed E-state index contributed by atoms with van der Waals surface area (Å²) in [5.74, 6) is -3.48. The lowest BCUT2D eigenvalue weighted by Gasteiger charge is -2.28. The highest BCUT2D eigenvalue weighted by Crippen LogP contribution is 2.32. The molecule has 9 heteroatoms. The number of nitrogens with one attached hydrogen (secondary N) is 1. The first kappa shape index (κ1) is 19.0. The van der Waals surface area contributed by atoms with Gasteiger partial charge in [-0.2, -0.15) is 5.26 Å². The van der Waals surface area contributed by atoms with Gasteiger partial charge in [-0.1, -0.05) is 35.5 Å². The largest absolute Gasteiger partial charge is 0.343 e. The molecule has 1 N–H and O–H groups in total. The van der Waals surface area contributed by atoms with Gasteiger partial charge in [-0.15, -0.1) is 0 Å². The number of nitrogens with zero attached hydrogens (tertiary/aromatic N) is 3. The number of carbonyl (C=O) groups is 1. The Balaban J connectivity index is 1.56. The van der Waals surface area contributed by atoms with Crippen molar-refractivity contribution in [2.45, 2.75) is 30.4 Å². The van der Waals surface area contributed by atoms with Gasteiger partial charge in [0, 0.05) is 24.2 Å². The van der Waals surface area contributed by atoms with Crippen molar-refractivity contribution < 1.29 is 13.6 Å². The lowest BCUT2D eigenvalue weighted by molar-refractivity contribution is -0.133. The standard InChI is InChI=1S/C17H17ClF2N4OS/c18-13-3-1-12(2-4-13)9-22-16-23(5-6-26-16)10-15(25)24-11-17(19,20)7-14(24)8-21/h1-6,14,16,22H,7,9-11H2/t14?,16-/m0/s1. The molecule has 1 aromatic carbocycles. The molecule has 0 bridgehead atoms. The Morgan fingerprint density at radius 2 is 2.15 bits per heavy atom. The number of alkyl halides is 2. The van der Waals surface area contributed by atoms with Gasteiger partial charge in [0.05, 0.1) is 19.2 Å². The van der Waals surface area contributed by atoms with Gasteiger partial charge in [0.1, 0.15) is 11.5 Å². The molecule has 1 saturated heterocycles. The SMILES string of the molecule is N#CC1CC(F)(F)CN1C(=O)CN1C=CS[C@H]1NCc1ccc(Cl)cc1. The summed E-state index contributed by atoms with van der Waals surface area (Å²) in [5.41, 5.74) is 0.857. The average molecular weight is 399 g/mol. The van der Waals surface area contributed by atoms with E-state index in [4.69, 9.17) is 16.9 Å². The van der Waals surface area contributed by atoms with Crippen LogP contribution in [0.5, 0.6) is 0 Å². The van der Waals surface area contributed by atoms with Crippen LogP contribution in [-0.2, 0) is 11.3 Å². The third kappa shape index (κ3) is 4.47. The van der Waals surface area contributed by atoms with E-state index >= 15 is 0 Å². The van der Waals surface area contributed by atoms with Crippen LogP contribution in [0.15, 0.2) is 35.9 Å². The molecule has 0 saturated carbocycles. The second-order valence-corrected chi connectivity index (χ2v) is 7.61. The van der Waals surface area contributed by atoms with Crippen LogP contribution >= 0.6 is 23.4 Å². The molecule has 1 fully saturated rings. The Kier molecular flexibility index (Phi) is 5.70. The second kappa shape index (κ2) is 7.82. The molecule has 3 rings (SSSR count). The maximum absolute atomic E-state index is 13.5. The molecule has 0 aliphatic carbocycles. The summed E-state index contributed by atoms with van der Waals surface area (Å²) in [6, 6.07) is 8.13. The van der Waals surface area contributed by atoms with Crippen molar-refractivity contribution in [3.63, 3.8) is 0 Å². The van der Waals surface area contributed by atoms with Crippen LogP contribution in [0.1, 0.15) is 12.0 Å². The average Bonchev–Trinajstić information content (AvgIpc) is 3.17. The van der Waals surface area contributed by atoms with Gasteiger partial charge >= 0.3 is 0 Å². The van der Waals surface area contributed by atoms with E-state index in [2.05, 4.69) is 5.32 Å². The molecular weight excluding hydrogens is 382 g/mol. The van der Waals surface area contributed by atoms with Gasteiger partial charge in [-0.3, -0.25) is 10.1 Å². The first-order valence-electron chi connectivity index (χ1n) is 8.00. The molecule has 2 heterocycles. The zero-order valence-electron chi connectivity index (χ0n) is 13.7. The van der Waals surface area contributed by atoms with E-state index in [1.807, 2.05) is 17.5 Å². The number of carbonyl (C=O) groups excluding carboxylic acids is 1. The fraction of sp³-hybridized carbons (Fsp3) is 0.412. The number of rotatable bonds is 5. The fourth-order valence-corrected chi connectivity index (χ4v) is 3.88. The number of benzene rings is 1. The van der Waals surface area contributed by atoms with Crippen molar-refractivity contribution in [2.24, 2.45) is 0 Å². The molecule has 0 aromatic heterocycles. The van der Waals surface area contributed by atoms with Gasteiger partial charge in [-0.05, 0) is 23.1 Å². The summed E-state index contributed by atoms with van der Waals surface area (Å²) in [5, 5.41) is 14.8. The third-order valence-electron chi connectivity index (χ3n) is 4.21. The molecule has 138 valence electrons. The lowest BCUT2D eigenvalue weighted by atomic mass is 10.2. The highest BCUT2D eigenvalue weighted by molar-refractivity contribution is 8.02. The number of nitriles is 1. The number of likely N-dealkylation sites (tertiary alicyclic amines) is 1. The normalized spacial score (nSPS) is 24.1. The molecule has 1 unspecified atom stereocenters. The molecule has 2 aliphatic rings. The number of amides is 1. The van der Waals surface area contributed by atoms with Crippen molar-refractivity contribution in [1.82, 2.24) is 15.1 Å². The Bertz CT molecular complexity index is 737. The summed E-state index contributed by atoms with van der Waals surface area (Å²) in [7, 11) is 0. The van der Waals surface area contributed by atoms with Crippen LogP contribution in [0, 0.1) is 11.3 Å². The molecule has 5 nitrogen and oxygen atoms in total. The van der Waals surface area contributed by atoms with Gasteiger partial charge in [0.15, 0.2) is 0 Å². The first-order chi connectivity index (χ1) is 12.4. The minimum atomic E-state index is -3.00. The minimum Gasteiger partial charge on any atom is -0.343 e. The quantitative estimate of drug-likeness (QED) is 0.826. The summed E-state index contributed by atoms with van der Waals surface area (Å²) >= 11 is 7.35. The highest BCUT2D eigenvalue weighted by atomic mass is 35.5. The van der Waals surface area contributed by atoms with Gasteiger partial charge < -0.3 is 9.80 Å². The van der Waals surface area contributed by atoms with Gasteiger partial charge in [-0.25, -0.2) is 8.78 Å². The summed E-state index contributed by atoms with van der Waals surface area (Å²) in [6.45, 7) is -0.183. The van der Waals surface area contributed by atoms with E-state index in [0.717, 1.165) is 10.5 Å². The lowest BCUT2D eigenvalue weighted by Crippen LogP contribution is -2.46. The Morgan fingerprint density at radius 3 is 2.85 bits per heavy atom. The maximum Gasteiger partial charge on any atom is 0.268 e. The van der Waals surface area contributed by atoms with E-state index in [-0.39, 0.29) is 12.0 Å². The predicted octanol–water partition coefficient (Wildman–Crippen LogP) is 2.99. The Hall–Kier alpha value is -1.82. The van der Waals surface area contributed by atoms with E-state index in [0.29, 0.717) is 11.6 Å². The maximum atomic E-state index is 13.5. The summed E-state index contributed by atoms with van der Waals surface area (Å²) < 4.78 is 27.0. The number of hydrogen-bond donors (Lipinski definition) is 1. The van der Waals surface area contributed by atoms with Crippen molar-refractivity contribution in [2.75, 3.05) is 13.1 Å². The second-order valence-electron chi connectivity index (χ2n) is 6.18. The van der Waals surface area contributed by atoms with Crippen LogP contribution in [0.25, 0.3) is 0 Å². The third-order valence-corrected chi connectivity index (χ3v) is 5.44. The molecule has 2 atom stereocenters. The van der Waals surface area contributed by atoms with Crippen molar-refractivity contribution in [3.05, 3.63) is 46.5 Å². The molecule has 1 amide bonds. The monoisotopic (exact) mass is 398 g/mol. The fourth-order valence-electron chi connectivity index (χ4n) is 2.89. The summed E-state index contributed by atoms with van der Waals surface area (Å²) in [6.07, 6.45) is 1.15. The number of thioether (sulfide) groups is 1. The Labute approximate surface area is 159 Å². The molecule has 1 aromatic rings. The van der Waals surface area contributed by atoms with Crippen molar-refractivity contribution >= 4 is 29.3 Å². The van der Waals surface area contributed by atoms with Crippen molar-refractivity contribution in [3.8, 4) is 6.07 Å². The van der Waals surface area contributed by atoms with Crippen LogP contribution in [0.4, 0.5) is 8.78 Å². The van der Waals surface area contributed by atoms with Gasteiger partial charge in [0.2, 0.25) is 5.91 Å². The van der Waals surface area contributed by atoms with E-state index in [9.17, 15) is 13.6 Å². The topological polar surface area (TPSA) is 59.4 Å². The Morgan fingerprint density at radius 1 is 1.42 bits per heavy atom. The number of halogens is 3.